The lowest BCUT2D eigenvalue weighted by Crippen LogP contribution is -2.20. The average molecular weight is 310 g/mol. The second-order valence-corrected chi connectivity index (χ2v) is 6.58. The molecule has 21 heavy (non-hydrogen) atoms. The molecule has 1 aliphatic carbocycles. The van der Waals surface area contributed by atoms with Gasteiger partial charge in [-0.15, -0.1) is 0 Å². The largest absolute Gasteiger partial charge is 0.310 e. The van der Waals surface area contributed by atoms with Crippen molar-refractivity contribution in [1.29, 1.82) is 0 Å². The number of hydrogen-bond acceptors (Lipinski definition) is 4. The highest BCUT2D eigenvalue weighted by molar-refractivity contribution is 7.92. The van der Waals surface area contributed by atoms with E-state index in [1.165, 1.54) is 24.4 Å². The van der Waals surface area contributed by atoms with Crippen molar-refractivity contribution >= 4 is 15.7 Å². The summed E-state index contributed by atoms with van der Waals surface area (Å²) in [6.45, 7) is 0.411. The maximum atomic E-state index is 13.6. The van der Waals surface area contributed by atoms with Gasteiger partial charge in [-0.3, -0.25) is 9.82 Å². The number of nitrogens with zero attached hydrogens (tertiary/aromatic N) is 1. The number of sulfonamides is 1. The number of H-pyrrole nitrogens is 1. The first kappa shape index (κ1) is 14.0. The Bertz CT molecular complexity index is 740. The van der Waals surface area contributed by atoms with Crippen LogP contribution in [-0.2, 0) is 16.6 Å². The number of aromatic amines is 1. The molecule has 8 heteroatoms. The van der Waals surface area contributed by atoms with Crippen LogP contribution >= 0.6 is 0 Å². The maximum absolute atomic E-state index is 13.6. The molecular weight excluding hydrogens is 295 g/mol. The van der Waals surface area contributed by atoms with E-state index >= 15 is 0 Å². The standard InChI is InChI=1S/C13H15FN4O2S/c14-11-3-1-2-4-12(11)18-21(19,20)13-9(8-16-17-13)7-15-10-5-6-10/h1-4,8,10,15,18H,5-7H2,(H,16,17). The fraction of sp³-hybridized carbons (Fsp3) is 0.308. The van der Waals surface area contributed by atoms with E-state index in [0.717, 1.165) is 12.8 Å². The Labute approximate surface area is 121 Å². The van der Waals surface area contributed by atoms with Crippen molar-refractivity contribution in [2.24, 2.45) is 0 Å². The van der Waals surface area contributed by atoms with Crippen molar-refractivity contribution in [2.75, 3.05) is 4.72 Å². The summed E-state index contributed by atoms with van der Waals surface area (Å²) in [4.78, 5) is 0. The molecule has 0 bridgehead atoms. The van der Waals surface area contributed by atoms with Crippen LogP contribution in [0.15, 0.2) is 35.5 Å². The van der Waals surface area contributed by atoms with Crippen molar-refractivity contribution in [2.45, 2.75) is 30.5 Å². The van der Waals surface area contributed by atoms with Gasteiger partial charge < -0.3 is 5.32 Å². The van der Waals surface area contributed by atoms with Gasteiger partial charge in [0.15, 0.2) is 5.03 Å². The van der Waals surface area contributed by atoms with Crippen LogP contribution in [0.1, 0.15) is 18.4 Å². The fourth-order valence-electron chi connectivity index (χ4n) is 1.94. The lowest BCUT2D eigenvalue weighted by Gasteiger charge is -2.09. The number of rotatable bonds is 6. The van der Waals surface area contributed by atoms with Crippen molar-refractivity contribution < 1.29 is 12.8 Å². The molecule has 1 saturated carbocycles. The summed E-state index contributed by atoms with van der Waals surface area (Å²) in [6.07, 6.45) is 3.67. The molecule has 3 rings (SSSR count). The molecule has 1 heterocycles. The van der Waals surface area contributed by atoms with E-state index in [-0.39, 0.29) is 10.7 Å². The monoisotopic (exact) mass is 310 g/mol. The predicted octanol–water partition coefficient (Wildman–Crippen LogP) is 1.60. The van der Waals surface area contributed by atoms with E-state index in [0.29, 0.717) is 18.2 Å². The summed E-state index contributed by atoms with van der Waals surface area (Å²) < 4.78 is 40.4. The van der Waals surface area contributed by atoms with Gasteiger partial charge in [0.1, 0.15) is 5.82 Å². The smallest absolute Gasteiger partial charge is 0.279 e. The van der Waals surface area contributed by atoms with Gasteiger partial charge >= 0.3 is 0 Å². The summed E-state index contributed by atoms with van der Waals surface area (Å²) in [6, 6.07) is 6.07. The molecule has 0 radical (unpaired) electrons. The van der Waals surface area contributed by atoms with Crippen molar-refractivity contribution in [3.63, 3.8) is 0 Å². The Hall–Kier alpha value is -1.93. The van der Waals surface area contributed by atoms with E-state index in [1.807, 2.05) is 0 Å². The summed E-state index contributed by atoms with van der Waals surface area (Å²) in [5, 5.41) is 9.42. The molecule has 2 aromatic rings. The van der Waals surface area contributed by atoms with Crippen LogP contribution in [-0.4, -0.2) is 24.7 Å². The topological polar surface area (TPSA) is 86.9 Å². The minimum absolute atomic E-state index is 0.0427. The zero-order valence-electron chi connectivity index (χ0n) is 11.1. The molecule has 6 nitrogen and oxygen atoms in total. The van der Waals surface area contributed by atoms with Crippen molar-refractivity contribution in [3.8, 4) is 0 Å². The number of anilines is 1. The second-order valence-electron chi connectivity index (χ2n) is 4.96. The second kappa shape index (κ2) is 5.45. The highest BCUT2D eigenvalue weighted by Crippen LogP contribution is 2.22. The van der Waals surface area contributed by atoms with Crippen molar-refractivity contribution in [3.05, 3.63) is 41.8 Å². The third-order valence-electron chi connectivity index (χ3n) is 3.22. The molecule has 0 unspecified atom stereocenters. The Balaban J connectivity index is 1.81. The van der Waals surface area contributed by atoms with E-state index in [4.69, 9.17) is 0 Å². The lowest BCUT2D eigenvalue weighted by atomic mass is 10.3. The van der Waals surface area contributed by atoms with Gasteiger partial charge in [0, 0.05) is 18.2 Å². The first-order valence-corrected chi connectivity index (χ1v) is 8.07. The highest BCUT2D eigenvalue weighted by Gasteiger charge is 2.25. The first-order chi connectivity index (χ1) is 10.1. The molecule has 0 saturated heterocycles. The fourth-order valence-corrected chi connectivity index (χ4v) is 3.14. The van der Waals surface area contributed by atoms with E-state index in [2.05, 4.69) is 20.2 Å². The van der Waals surface area contributed by atoms with Gasteiger partial charge in [-0.05, 0) is 25.0 Å². The third kappa shape index (κ3) is 3.22. The summed E-state index contributed by atoms with van der Waals surface area (Å²) in [7, 11) is -3.90. The number of benzene rings is 1. The van der Waals surface area contributed by atoms with Gasteiger partial charge in [-0.1, -0.05) is 12.1 Å². The number of halogens is 1. The van der Waals surface area contributed by atoms with Crippen LogP contribution in [0.2, 0.25) is 0 Å². The van der Waals surface area contributed by atoms with E-state index in [1.54, 1.807) is 6.07 Å². The zero-order valence-corrected chi connectivity index (χ0v) is 12.0. The van der Waals surface area contributed by atoms with Crippen LogP contribution in [0.4, 0.5) is 10.1 Å². The zero-order chi connectivity index (χ0) is 14.9. The van der Waals surface area contributed by atoms with Crippen LogP contribution in [0.3, 0.4) is 0 Å². The lowest BCUT2D eigenvalue weighted by molar-refractivity contribution is 0.591. The normalized spacial score (nSPS) is 15.1. The van der Waals surface area contributed by atoms with Gasteiger partial charge in [-0.25, -0.2) is 4.39 Å². The Morgan fingerprint density at radius 2 is 2.10 bits per heavy atom. The molecule has 0 amide bonds. The number of para-hydroxylation sites is 1. The quantitative estimate of drug-likeness (QED) is 0.756. The molecule has 1 fully saturated rings. The molecule has 1 aromatic carbocycles. The average Bonchev–Trinajstić information content (AvgIpc) is 3.15. The van der Waals surface area contributed by atoms with Gasteiger partial charge in [0.25, 0.3) is 10.0 Å². The molecule has 0 spiro atoms. The first-order valence-electron chi connectivity index (χ1n) is 6.59. The summed E-state index contributed by atoms with van der Waals surface area (Å²) in [5.41, 5.74) is 0.443. The van der Waals surface area contributed by atoms with E-state index < -0.39 is 15.8 Å². The molecule has 3 N–H and O–H groups in total. The van der Waals surface area contributed by atoms with E-state index in [9.17, 15) is 12.8 Å². The van der Waals surface area contributed by atoms with Crippen LogP contribution in [0, 0.1) is 5.82 Å². The van der Waals surface area contributed by atoms with Gasteiger partial charge in [-0.2, -0.15) is 13.5 Å². The number of hydrogen-bond donors (Lipinski definition) is 3. The minimum atomic E-state index is -3.90. The van der Waals surface area contributed by atoms with Crippen LogP contribution < -0.4 is 10.0 Å². The minimum Gasteiger partial charge on any atom is -0.310 e. The van der Waals surface area contributed by atoms with Crippen LogP contribution in [0.5, 0.6) is 0 Å². The molecule has 1 aliphatic rings. The SMILES string of the molecule is O=S(=O)(Nc1ccccc1F)c1[nH]ncc1CNC1CC1. The number of aromatic nitrogens is 2. The molecule has 1 aromatic heterocycles. The van der Waals surface area contributed by atoms with Gasteiger partial charge in [0.2, 0.25) is 0 Å². The summed E-state index contributed by atoms with van der Waals surface area (Å²) >= 11 is 0. The predicted molar refractivity (Wildman–Crippen MR) is 75.7 cm³/mol. The third-order valence-corrected chi connectivity index (χ3v) is 4.60. The molecule has 112 valence electrons. The highest BCUT2D eigenvalue weighted by atomic mass is 32.2. The number of nitrogens with one attached hydrogen (secondary N) is 3. The maximum Gasteiger partial charge on any atom is 0.279 e. The Kier molecular flexibility index (Phi) is 3.64. The molecule has 0 aliphatic heterocycles. The molecule has 0 atom stereocenters. The van der Waals surface area contributed by atoms with Crippen LogP contribution in [0.25, 0.3) is 0 Å². The van der Waals surface area contributed by atoms with Crippen molar-refractivity contribution in [1.82, 2.24) is 15.5 Å². The summed E-state index contributed by atoms with van der Waals surface area (Å²) in [5.74, 6) is -0.627. The Morgan fingerprint density at radius 1 is 1.33 bits per heavy atom. The Morgan fingerprint density at radius 3 is 2.81 bits per heavy atom. The van der Waals surface area contributed by atoms with Gasteiger partial charge in [0.05, 0.1) is 11.9 Å². The molecular formula is C13H15FN4O2S.